The number of halogens is 1. The minimum absolute atomic E-state index is 0. The quantitative estimate of drug-likeness (QED) is 0.699. The largest absolute Gasteiger partial charge is 0.381 e. The molecule has 2 atom stereocenters. The van der Waals surface area contributed by atoms with Crippen molar-refractivity contribution >= 4 is 12.4 Å². The van der Waals surface area contributed by atoms with Crippen LogP contribution in [0.5, 0.6) is 0 Å². The molecule has 2 nitrogen and oxygen atoms in total. The van der Waals surface area contributed by atoms with Crippen LogP contribution < -0.4 is 5.73 Å². The van der Waals surface area contributed by atoms with Crippen LogP contribution in [0.1, 0.15) is 25.7 Å². The molecule has 0 aromatic heterocycles. The van der Waals surface area contributed by atoms with Gasteiger partial charge in [0, 0.05) is 7.11 Å². The van der Waals surface area contributed by atoms with Crippen LogP contribution in [0.15, 0.2) is 0 Å². The molecule has 0 aromatic carbocycles. The van der Waals surface area contributed by atoms with Crippen molar-refractivity contribution in [1.82, 2.24) is 0 Å². The summed E-state index contributed by atoms with van der Waals surface area (Å²) in [5.74, 6) is 0.624. The molecule has 0 saturated heterocycles. The van der Waals surface area contributed by atoms with E-state index in [-0.39, 0.29) is 12.4 Å². The molecule has 3 heteroatoms. The highest BCUT2D eigenvalue weighted by atomic mass is 35.5. The second kappa shape index (κ2) is 5.81. The van der Waals surface area contributed by atoms with Crippen molar-refractivity contribution in [2.75, 3.05) is 13.7 Å². The monoisotopic (exact) mass is 179 g/mol. The van der Waals surface area contributed by atoms with Crippen LogP contribution in [0.25, 0.3) is 0 Å². The molecule has 1 rings (SSSR count). The average molecular weight is 180 g/mol. The number of rotatable bonds is 2. The summed E-state index contributed by atoms with van der Waals surface area (Å²) in [5.41, 5.74) is 5.59. The van der Waals surface area contributed by atoms with Crippen molar-refractivity contribution in [2.24, 2.45) is 11.7 Å². The number of nitrogens with two attached hydrogens (primary N) is 1. The van der Waals surface area contributed by atoms with E-state index in [0.29, 0.717) is 12.0 Å². The van der Waals surface area contributed by atoms with Crippen molar-refractivity contribution in [3.8, 4) is 0 Å². The van der Waals surface area contributed by atoms with E-state index in [0.717, 1.165) is 6.54 Å². The Morgan fingerprint density at radius 1 is 1.36 bits per heavy atom. The Kier molecular flexibility index (Phi) is 5.92. The normalized spacial score (nSPS) is 31.1. The second-order valence-electron chi connectivity index (χ2n) is 3.05. The van der Waals surface area contributed by atoms with Gasteiger partial charge in [-0.3, -0.25) is 0 Å². The summed E-state index contributed by atoms with van der Waals surface area (Å²) in [6.45, 7) is 0.790. The van der Waals surface area contributed by atoms with Gasteiger partial charge in [-0.25, -0.2) is 0 Å². The lowest BCUT2D eigenvalue weighted by Crippen LogP contribution is -2.32. The van der Waals surface area contributed by atoms with Gasteiger partial charge < -0.3 is 10.5 Å². The summed E-state index contributed by atoms with van der Waals surface area (Å²) in [4.78, 5) is 0. The van der Waals surface area contributed by atoms with Crippen molar-refractivity contribution in [3.63, 3.8) is 0 Å². The summed E-state index contributed by atoms with van der Waals surface area (Å²) in [5, 5.41) is 0. The third-order valence-electron chi connectivity index (χ3n) is 2.44. The third kappa shape index (κ3) is 2.97. The van der Waals surface area contributed by atoms with Crippen LogP contribution in [0.4, 0.5) is 0 Å². The Balaban J connectivity index is 0.000001000. The SMILES string of the molecule is COC1CCCCC1CN.Cl. The first-order valence-electron chi connectivity index (χ1n) is 4.11. The molecule has 2 N–H and O–H groups in total. The minimum Gasteiger partial charge on any atom is -0.381 e. The summed E-state index contributed by atoms with van der Waals surface area (Å²) >= 11 is 0. The van der Waals surface area contributed by atoms with E-state index in [9.17, 15) is 0 Å². The predicted octanol–water partition coefficient (Wildman–Crippen LogP) is 1.57. The molecule has 0 radical (unpaired) electrons. The zero-order valence-electron chi connectivity index (χ0n) is 7.08. The van der Waals surface area contributed by atoms with Crippen molar-refractivity contribution in [2.45, 2.75) is 31.8 Å². The summed E-state index contributed by atoms with van der Waals surface area (Å²) in [7, 11) is 1.79. The molecule has 0 heterocycles. The molecule has 68 valence electrons. The Bertz CT molecular complexity index is 88.1. The average Bonchev–Trinajstić information content (AvgIpc) is 2.04. The van der Waals surface area contributed by atoms with Gasteiger partial charge in [-0.1, -0.05) is 12.8 Å². The molecule has 0 spiro atoms. The third-order valence-corrected chi connectivity index (χ3v) is 2.44. The van der Waals surface area contributed by atoms with Gasteiger partial charge in [-0.2, -0.15) is 0 Å². The zero-order valence-corrected chi connectivity index (χ0v) is 7.90. The Morgan fingerprint density at radius 2 is 2.00 bits per heavy atom. The Morgan fingerprint density at radius 3 is 2.45 bits per heavy atom. The van der Waals surface area contributed by atoms with Crippen molar-refractivity contribution in [1.29, 1.82) is 0 Å². The van der Waals surface area contributed by atoms with Crippen molar-refractivity contribution < 1.29 is 4.74 Å². The first kappa shape index (κ1) is 11.2. The van der Waals surface area contributed by atoms with Gasteiger partial charge in [0.25, 0.3) is 0 Å². The van der Waals surface area contributed by atoms with E-state index in [1.807, 2.05) is 0 Å². The highest BCUT2D eigenvalue weighted by molar-refractivity contribution is 5.85. The van der Waals surface area contributed by atoms with Crippen LogP contribution >= 0.6 is 12.4 Å². The second-order valence-corrected chi connectivity index (χ2v) is 3.05. The fourth-order valence-electron chi connectivity index (χ4n) is 1.75. The van der Waals surface area contributed by atoms with Gasteiger partial charge in [0.1, 0.15) is 0 Å². The van der Waals surface area contributed by atoms with Gasteiger partial charge in [-0.05, 0) is 25.3 Å². The highest BCUT2D eigenvalue weighted by Crippen LogP contribution is 2.25. The number of methoxy groups -OCH3 is 1. The van der Waals surface area contributed by atoms with E-state index in [4.69, 9.17) is 10.5 Å². The van der Waals surface area contributed by atoms with Gasteiger partial charge >= 0.3 is 0 Å². The highest BCUT2D eigenvalue weighted by Gasteiger charge is 2.22. The Labute approximate surface area is 74.9 Å². The molecule has 0 bridgehead atoms. The lowest BCUT2D eigenvalue weighted by Gasteiger charge is -2.29. The van der Waals surface area contributed by atoms with Crippen LogP contribution in [0, 0.1) is 5.92 Å². The molecule has 1 aliphatic carbocycles. The smallest absolute Gasteiger partial charge is 0.0611 e. The number of ether oxygens (including phenoxy) is 1. The van der Waals surface area contributed by atoms with Crippen LogP contribution in [0.3, 0.4) is 0 Å². The van der Waals surface area contributed by atoms with Gasteiger partial charge in [0.2, 0.25) is 0 Å². The van der Waals surface area contributed by atoms with Crippen LogP contribution in [-0.2, 0) is 4.74 Å². The summed E-state index contributed by atoms with van der Waals surface area (Å²) < 4.78 is 5.31. The number of hydrogen-bond acceptors (Lipinski definition) is 2. The maximum absolute atomic E-state index is 5.59. The van der Waals surface area contributed by atoms with Crippen LogP contribution in [0.2, 0.25) is 0 Å². The maximum atomic E-state index is 5.59. The van der Waals surface area contributed by atoms with Gasteiger partial charge in [0.05, 0.1) is 6.10 Å². The van der Waals surface area contributed by atoms with E-state index in [2.05, 4.69) is 0 Å². The van der Waals surface area contributed by atoms with Gasteiger partial charge in [0.15, 0.2) is 0 Å². The molecule has 11 heavy (non-hydrogen) atoms. The molecular formula is C8H18ClNO. The number of hydrogen-bond donors (Lipinski definition) is 1. The van der Waals surface area contributed by atoms with Gasteiger partial charge in [-0.15, -0.1) is 12.4 Å². The predicted molar refractivity (Wildman–Crippen MR) is 49.1 cm³/mol. The topological polar surface area (TPSA) is 35.2 Å². The first-order chi connectivity index (χ1) is 4.88. The molecule has 0 aliphatic heterocycles. The standard InChI is InChI=1S/C8H17NO.ClH/c1-10-8-5-3-2-4-7(8)6-9;/h7-8H,2-6,9H2,1H3;1H. The molecular weight excluding hydrogens is 162 g/mol. The molecule has 1 fully saturated rings. The van der Waals surface area contributed by atoms with E-state index in [1.54, 1.807) is 7.11 Å². The molecule has 2 unspecified atom stereocenters. The van der Waals surface area contributed by atoms with Crippen molar-refractivity contribution in [3.05, 3.63) is 0 Å². The Hall–Kier alpha value is 0.210. The minimum atomic E-state index is 0. The molecule has 1 saturated carbocycles. The summed E-state index contributed by atoms with van der Waals surface area (Å²) in [6, 6.07) is 0. The zero-order chi connectivity index (χ0) is 7.40. The fourth-order valence-corrected chi connectivity index (χ4v) is 1.75. The van der Waals surface area contributed by atoms with E-state index < -0.39 is 0 Å². The maximum Gasteiger partial charge on any atom is 0.0611 e. The van der Waals surface area contributed by atoms with E-state index in [1.165, 1.54) is 25.7 Å². The fraction of sp³-hybridized carbons (Fsp3) is 1.00. The van der Waals surface area contributed by atoms with Crippen LogP contribution in [-0.4, -0.2) is 19.8 Å². The molecule has 1 aliphatic rings. The lowest BCUT2D eigenvalue weighted by molar-refractivity contribution is 0.0272. The molecule has 0 amide bonds. The lowest BCUT2D eigenvalue weighted by atomic mass is 9.86. The van der Waals surface area contributed by atoms with E-state index >= 15 is 0 Å². The molecule has 0 aromatic rings. The summed E-state index contributed by atoms with van der Waals surface area (Å²) in [6.07, 6.45) is 5.56. The first-order valence-corrected chi connectivity index (χ1v) is 4.11.